The van der Waals surface area contributed by atoms with E-state index in [0.717, 1.165) is 11.5 Å². The number of hydrogen-bond acceptors (Lipinski definition) is 4. The summed E-state index contributed by atoms with van der Waals surface area (Å²) < 4.78 is 6.86. The molecule has 0 atom stereocenters. The Hall–Kier alpha value is -2.17. The first-order chi connectivity index (χ1) is 7.70. The Bertz CT molecular complexity index is 492. The first kappa shape index (κ1) is 10.4. The van der Waals surface area contributed by atoms with Crippen molar-refractivity contribution >= 4 is 17.2 Å². The number of rotatable bonds is 3. The number of para-hydroxylation sites is 1. The second kappa shape index (κ2) is 4.14. The predicted octanol–water partition coefficient (Wildman–Crippen LogP) is 1.75. The molecule has 0 aliphatic carbocycles. The van der Waals surface area contributed by atoms with Gasteiger partial charge in [0.25, 0.3) is 0 Å². The Morgan fingerprint density at radius 2 is 2.19 bits per heavy atom. The monoisotopic (exact) mass is 218 g/mol. The van der Waals surface area contributed by atoms with Gasteiger partial charge in [-0.05, 0) is 12.1 Å². The van der Waals surface area contributed by atoms with Crippen molar-refractivity contribution in [1.29, 1.82) is 0 Å². The third kappa shape index (κ3) is 1.93. The van der Waals surface area contributed by atoms with Gasteiger partial charge in [-0.25, -0.2) is 0 Å². The molecule has 5 nitrogen and oxygen atoms in total. The van der Waals surface area contributed by atoms with Crippen LogP contribution in [0.1, 0.15) is 0 Å². The highest BCUT2D eigenvalue weighted by molar-refractivity contribution is 5.76. The zero-order valence-electron chi connectivity index (χ0n) is 9.27. The third-order valence-electron chi connectivity index (χ3n) is 2.26. The molecular weight excluding hydrogens is 204 g/mol. The van der Waals surface area contributed by atoms with Gasteiger partial charge in [0.1, 0.15) is 5.75 Å². The van der Waals surface area contributed by atoms with Gasteiger partial charge < -0.3 is 15.8 Å². The molecule has 0 saturated carbocycles. The maximum atomic E-state index is 5.93. The molecule has 0 saturated heterocycles. The number of aryl methyl sites for hydroxylation is 1. The van der Waals surface area contributed by atoms with E-state index in [-0.39, 0.29) is 0 Å². The number of nitrogen functional groups attached to an aromatic ring is 1. The normalized spacial score (nSPS) is 10.1. The minimum Gasteiger partial charge on any atom is -0.495 e. The number of benzene rings is 1. The molecule has 84 valence electrons. The number of nitrogens with two attached hydrogens (primary N) is 1. The molecule has 0 spiro atoms. The molecule has 0 radical (unpaired) electrons. The van der Waals surface area contributed by atoms with Crippen molar-refractivity contribution in [3.05, 3.63) is 30.5 Å². The molecule has 0 amide bonds. The second-order valence-electron chi connectivity index (χ2n) is 3.42. The maximum Gasteiger partial charge on any atom is 0.152 e. The summed E-state index contributed by atoms with van der Waals surface area (Å²) in [5.74, 6) is 1.41. The van der Waals surface area contributed by atoms with Crippen molar-refractivity contribution < 1.29 is 4.74 Å². The highest BCUT2D eigenvalue weighted by atomic mass is 16.5. The van der Waals surface area contributed by atoms with Crippen LogP contribution in [0.4, 0.5) is 17.2 Å². The second-order valence-corrected chi connectivity index (χ2v) is 3.42. The van der Waals surface area contributed by atoms with E-state index in [1.807, 2.05) is 37.5 Å². The molecule has 16 heavy (non-hydrogen) atoms. The fraction of sp³-hybridized carbons (Fsp3) is 0.182. The number of hydrogen-bond donors (Lipinski definition) is 2. The number of methoxy groups -OCH3 is 1. The van der Waals surface area contributed by atoms with Gasteiger partial charge in [0.15, 0.2) is 5.82 Å². The lowest BCUT2D eigenvalue weighted by Gasteiger charge is -2.10. The van der Waals surface area contributed by atoms with Gasteiger partial charge in [-0.3, -0.25) is 4.68 Å². The van der Waals surface area contributed by atoms with E-state index in [4.69, 9.17) is 10.5 Å². The first-order valence-corrected chi connectivity index (χ1v) is 4.90. The van der Waals surface area contributed by atoms with E-state index in [1.54, 1.807) is 11.8 Å². The van der Waals surface area contributed by atoms with Gasteiger partial charge in [0, 0.05) is 19.3 Å². The van der Waals surface area contributed by atoms with Crippen LogP contribution < -0.4 is 15.8 Å². The standard InChI is InChI=1S/C11H14N4O/c1-15-7-6-10(14-15)13-8-4-3-5-9(16-2)11(8)12/h3-7H,12H2,1-2H3,(H,13,14). The minimum atomic E-state index is 0.579. The Kier molecular flexibility index (Phi) is 2.68. The average molecular weight is 218 g/mol. The molecule has 1 heterocycles. The van der Waals surface area contributed by atoms with Crippen molar-refractivity contribution in [3.8, 4) is 5.75 Å². The van der Waals surface area contributed by atoms with E-state index >= 15 is 0 Å². The summed E-state index contributed by atoms with van der Waals surface area (Å²) in [7, 11) is 3.45. The molecule has 0 bridgehead atoms. The maximum absolute atomic E-state index is 5.93. The summed E-state index contributed by atoms with van der Waals surface area (Å²) in [5, 5.41) is 7.34. The van der Waals surface area contributed by atoms with E-state index < -0.39 is 0 Å². The molecule has 0 fully saturated rings. The quantitative estimate of drug-likeness (QED) is 0.770. The van der Waals surface area contributed by atoms with Crippen LogP contribution in [-0.4, -0.2) is 16.9 Å². The molecule has 0 unspecified atom stereocenters. The molecule has 1 aromatic carbocycles. The molecule has 2 aromatic rings. The predicted molar refractivity (Wildman–Crippen MR) is 63.9 cm³/mol. The summed E-state index contributed by atoms with van der Waals surface area (Å²) in [6.07, 6.45) is 1.86. The lowest BCUT2D eigenvalue weighted by atomic mass is 10.2. The molecule has 0 aliphatic heterocycles. The molecule has 2 rings (SSSR count). The lowest BCUT2D eigenvalue weighted by molar-refractivity contribution is 0.417. The number of nitrogens with zero attached hydrogens (tertiary/aromatic N) is 2. The highest BCUT2D eigenvalue weighted by Crippen LogP contribution is 2.30. The lowest BCUT2D eigenvalue weighted by Crippen LogP contribution is -1.99. The van der Waals surface area contributed by atoms with Crippen molar-refractivity contribution in [2.45, 2.75) is 0 Å². The number of anilines is 3. The van der Waals surface area contributed by atoms with Crippen molar-refractivity contribution in [1.82, 2.24) is 9.78 Å². The summed E-state index contributed by atoms with van der Waals surface area (Å²) in [6.45, 7) is 0. The van der Waals surface area contributed by atoms with Crippen LogP contribution in [0.3, 0.4) is 0 Å². The van der Waals surface area contributed by atoms with E-state index in [9.17, 15) is 0 Å². The Morgan fingerprint density at radius 3 is 2.81 bits per heavy atom. The van der Waals surface area contributed by atoms with E-state index in [2.05, 4.69) is 10.4 Å². The molecule has 0 aliphatic rings. The molecule has 3 N–H and O–H groups in total. The summed E-state index contributed by atoms with van der Waals surface area (Å²) in [5.41, 5.74) is 7.30. The van der Waals surface area contributed by atoms with Crippen LogP contribution in [-0.2, 0) is 7.05 Å². The van der Waals surface area contributed by atoms with Crippen molar-refractivity contribution in [2.75, 3.05) is 18.2 Å². The van der Waals surface area contributed by atoms with E-state index in [1.165, 1.54) is 0 Å². The Labute approximate surface area is 93.8 Å². The first-order valence-electron chi connectivity index (χ1n) is 4.90. The van der Waals surface area contributed by atoms with Gasteiger partial charge in [0.05, 0.1) is 18.5 Å². The number of aromatic nitrogens is 2. The SMILES string of the molecule is COc1cccc(Nc2ccn(C)n2)c1N. The van der Waals surface area contributed by atoms with Gasteiger partial charge in [-0.15, -0.1) is 0 Å². The minimum absolute atomic E-state index is 0.579. The van der Waals surface area contributed by atoms with Crippen LogP contribution in [0.25, 0.3) is 0 Å². The van der Waals surface area contributed by atoms with Gasteiger partial charge in [0.2, 0.25) is 0 Å². The largest absolute Gasteiger partial charge is 0.495 e. The van der Waals surface area contributed by atoms with Crippen LogP contribution in [0.5, 0.6) is 5.75 Å². The fourth-order valence-electron chi connectivity index (χ4n) is 1.45. The molecular formula is C11H14N4O. The van der Waals surface area contributed by atoms with Crippen molar-refractivity contribution in [2.24, 2.45) is 7.05 Å². The summed E-state index contributed by atoms with van der Waals surface area (Å²) >= 11 is 0. The molecule has 1 aromatic heterocycles. The number of ether oxygens (including phenoxy) is 1. The zero-order valence-corrected chi connectivity index (χ0v) is 9.27. The van der Waals surface area contributed by atoms with Gasteiger partial charge >= 0.3 is 0 Å². The fourth-order valence-corrected chi connectivity index (χ4v) is 1.45. The topological polar surface area (TPSA) is 65.1 Å². The zero-order chi connectivity index (χ0) is 11.5. The van der Waals surface area contributed by atoms with Crippen molar-refractivity contribution in [3.63, 3.8) is 0 Å². The van der Waals surface area contributed by atoms with Crippen LogP contribution >= 0.6 is 0 Å². The smallest absolute Gasteiger partial charge is 0.152 e. The van der Waals surface area contributed by atoms with Gasteiger partial charge in [-0.2, -0.15) is 5.10 Å². The average Bonchev–Trinajstić information content (AvgIpc) is 2.67. The van der Waals surface area contributed by atoms with E-state index in [0.29, 0.717) is 11.4 Å². The molecule has 5 heteroatoms. The summed E-state index contributed by atoms with van der Waals surface area (Å²) in [6, 6.07) is 7.45. The highest BCUT2D eigenvalue weighted by Gasteiger charge is 2.05. The van der Waals surface area contributed by atoms with Crippen LogP contribution in [0, 0.1) is 0 Å². The van der Waals surface area contributed by atoms with Gasteiger partial charge in [-0.1, -0.05) is 6.07 Å². The number of nitrogens with one attached hydrogen (secondary N) is 1. The third-order valence-corrected chi connectivity index (χ3v) is 2.26. The summed E-state index contributed by atoms with van der Waals surface area (Å²) in [4.78, 5) is 0. The van der Waals surface area contributed by atoms with Crippen LogP contribution in [0.2, 0.25) is 0 Å². The Balaban J connectivity index is 2.28. The van der Waals surface area contributed by atoms with Crippen LogP contribution in [0.15, 0.2) is 30.5 Å². The Morgan fingerprint density at radius 1 is 1.38 bits per heavy atom.